The summed E-state index contributed by atoms with van der Waals surface area (Å²) in [5.74, 6) is 3.57. The van der Waals surface area contributed by atoms with Gasteiger partial charge in [-0.2, -0.15) is 0 Å². The zero-order valence-corrected chi connectivity index (χ0v) is 29.3. The number of anilines is 2. The number of nitrogens with zero attached hydrogens (tertiary/aromatic N) is 3. The number of para-hydroxylation sites is 6. The Morgan fingerprint density at radius 1 is 0.500 bits per heavy atom. The van der Waals surface area contributed by atoms with E-state index in [4.69, 9.17) is 4.74 Å². The molecule has 4 nitrogen and oxygen atoms in total. The minimum atomic E-state index is 0. The molecule has 4 aromatic carbocycles. The summed E-state index contributed by atoms with van der Waals surface area (Å²) in [7, 11) is 0. The molecule has 0 amide bonds. The normalized spacial score (nSPS) is 13.3. The zero-order valence-electron chi connectivity index (χ0n) is 27.2. The molecule has 44 heavy (non-hydrogen) atoms. The molecule has 0 unspecified atom stereocenters. The van der Waals surface area contributed by atoms with Crippen LogP contribution in [0, 0.1) is 6.67 Å². The summed E-state index contributed by atoms with van der Waals surface area (Å²) in [4.78, 5) is 4.65. The van der Waals surface area contributed by atoms with Crippen LogP contribution in [-0.2, 0) is 22.4 Å². The molecule has 0 saturated carbocycles. The van der Waals surface area contributed by atoms with Gasteiger partial charge in [0.25, 0.3) is 0 Å². The van der Waals surface area contributed by atoms with Crippen LogP contribution in [0.3, 0.4) is 0 Å². The van der Waals surface area contributed by atoms with Crippen LogP contribution in [0.1, 0.15) is 101 Å². The molecular weight excluding hydrogens is 723 g/mol. The molecule has 6 rings (SSSR count). The molecule has 0 N–H and O–H groups in total. The summed E-state index contributed by atoms with van der Waals surface area (Å²) < 4.78 is 5.68. The molecule has 4 aromatic rings. The minimum Gasteiger partial charge on any atom is -0.652 e. The van der Waals surface area contributed by atoms with E-state index in [0.717, 1.165) is 22.9 Å². The summed E-state index contributed by atoms with van der Waals surface area (Å²) in [6.45, 7) is 20.5. The van der Waals surface area contributed by atoms with E-state index in [1.54, 1.807) is 0 Å². The third-order valence-corrected chi connectivity index (χ3v) is 8.03. The first kappa shape index (κ1) is 33.5. The topological polar surface area (TPSA) is 29.8 Å². The predicted molar refractivity (Wildman–Crippen MR) is 183 cm³/mol. The Kier molecular flexibility index (Phi) is 11.1. The number of rotatable bonds is 6. The summed E-state index contributed by atoms with van der Waals surface area (Å²) in [6, 6.07) is 29.1. The van der Waals surface area contributed by atoms with Gasteiger partial charge in [-0.1, -0.05) is 140 Å². The van der Waals surface area contributed by atoms with Crippen molar-refractivity contribution in [1.82, 2.24) is 0 Å². The van der Waals surface area contributed by atoms with Crippen LogP contribution in [0.25, 0.3) is 5.32 Å². The van der Waals surface area contributed by atoms with Gasteiger partial charge < -0.3 is 19.9 Å². The number of fused-ring (bicyclic) bond motifs is 2. The number of benzene rings is 4. The summed E-state index contributed by atoms with van der Waals surface area (Å²) in [6.07, 6.45) is 4.43. The maximum absolute atomic E-state index is 5.68. The molecule has 2 heterocycles. The average molecular weight is 769 g/mol. The van der Waals surface area contributed by atoms with Crippen molar-refractivity contribution < 1.29 is 27.1 Å². The van der Waals surface area contributed by atoms with E-state index < -0.39 is 0 Å². The second-order valence-electron chi connectivity index (χ2n) is 12.6. The van der Waals surface area contributed by atoms with E-state index >= 15 is 0 Å². The molecule has 0 aromatic heterocycles. The molecule has 0 fully saturated rings. The maximum atomic E-state index is 5.68. The summed E-state index contributed by atoms with van der Waals surface area (Å²) >= 11 is 0. The van der Waals surface area contributed by atoms with Gasteiger partial charge in [0.2, 0.25) is 0 Å². The van der Waals surface area contributed by atoms with Gasteiger partial charge in [0.05, 0.1) is 0 Å². The van der Waals surface area contributed by atoms with Crippen LogP contribution in [0.5, 0.6) is 11.5 Å². The van der Waals surface area contributed by atoms with Crippen LogP contribution in [-0.4, -0.2) is 0 Å². The van der Waals surface area contributed by atoms with Gasteiger partial charge in [-0.3, -0.25) is 0 Å². The maximum Gasteiger partial charge on any atom is 0.112 e. The molecule has 0 spiro atoms. The Morgan fingerprint density at radius 3 is 1.18 bits per heavy atom. The van der Waals surface area contributed by atoms with Crippen molar-refractivity contribution in [3.05, 3.63) is 132 Å². The number of ether oxygens (including phenoxy) is 1. The van der Waals surface area contributed by atoms with E-state index in [1.165, 1.54) is 33.6 Å². The first-order chi connectivity index (χ1) is 20.7. The van der Waals surface area contributed by atoms with Crippen molar-refractivity contribution in [3.63, 3.8) is 0 Å². The van der Waals surface area contributed by atoms with E-state index in [0.29, 0.717) is 23.7 Å². The first-order valence-electron chi connectivity index (χ1n) is 15.6. The zero-order chi connectivity index (χ0) is 30.7. The Bertz CT molecular complexity index is 1380. The van der Waals surface area contributed by atoms with Gasteiger partial charge in [-0.25, -0.2) is 0 Å². The van der Waals surface area contributed by atoms with Crippen LogP contribution in [0.2, 0.25) is 0 Å². The molecule has 0 aliphatic carbocycles. The Balaban J connectivity index is 0.000000244. The summed E-state index contributed by atoms with van der Waals surface area (Å²) in [5.41, 5.74) is 10.1. The Hall–Kier alpha value is -3.44. The monoisotopic (exact) mass is 768 g/mol. The molecule has 2 aliphatic rings. The molecule has 1 radical (unpaired) electrons. The van der Waals surface area contributed by atoms with Gasteiger partial charge in [0.1, 0.15) is 11.5 Å². The van der Waals surface area contributed by atoms with Crippen molar-refractivity contribution in [2.75, 3.05) is 9.80 Å². The fourth-order valence-corrected chi connectivity index (χ4v) is 5.76. The van der Waals surface area contributed by atoms with E-state index in [9.17, 15) is 0 Å². The molecule has 5 heteroatoms. The van der Waals surface area contributed by atoms with E-state index in [2.05, 4.69) is 126 Å². The second-order valence-corrected chi connectivity index (χ2v) is 12.6. The third kappa shape index (κ3) is 7.10. The number of hydrogen-bond acceptors (Lipinski definition) is 3. The van der Waals surface area contributed by atoms with E-state index in [-0.39, 0.29) is 22.4 Å². The van der Waals surface area contributed by atoms with Gasteiger partial charge in [0, 0.05) is 33.8 Å². The smallest absolute Gasteiger partial charge is 0.112 e. The van der Waals surface area contributed by atoms with Crippen molar-refractivity contribution in [2.45, 2.75) is 79.1 Å². The van der Waals surface area contributed by atoms with Crippen LogP contribution >= 0.6 is 0 Å². The van der Waals surface area contributed by atoms with Crippen LogP contribution < -0.4 is 14.5 Å². The molecule has 2 aliphatic heterocycles. The van der Waals surface area contributed by atoms with Gasteiger partial charge in [0.15, 0.2) is 0 Å². The quantitative estimate of drug-likeness (QED) is 0.127. The van der Waals surface area contributed by atoms with E-state index in [1.807, 2.05) is 48.5 Å². The van der Waals surface area contributed by atoms with Gasteiger partial charge in [-0.05, 0) is 70.5 Å². The van der Waals surface area contributed by atoms with Crippen molar-refractivity contribution in [2.24, 2.45) is 0 Å². The fraction of sp³-hybridized carbons (Fsp3) is 0.308. The first-order valence-corrected chi connectivity index (χ1v) is 15.6. The van der Waals surface area contributed by atoms with Crippen molar-refractivity contribution >= 4 is 22.7 Å². The molecule has 0 bridgehead atoms. The average Bonchev–Trinajstić information content (AvgIpc) is 3.49. The Morgan fingerprint density at radius 2 is 0.841 bits per heavy atom. The number of hydrogen-bond donors (Lipinski definition) is 0. The summed E-state index contributed by atoms with van der Waals surface area (Å²) in [5, 5.41) is 4.48. The third-order valence-electron chi connectivity index (χ3n) is 8.03. The fourth-order valence-electron chi connectivity index (χ4n) is 5.76. The molecule has 235 valence electrons. The molecule has 0 saturated heterocycles. The molecule has 0 atom stereocenters. The van der Waals surface area contributed by atoms with Crippen LogP contribution in [0.15, 0.2) is 97.3 Å². The second kappa shape index (κ2) is 14.6. The van der Waals surface area contributed by atoms with Crippen molar-refractivity contribution in [1.29, 1.82) is 0 Å². The van der Waals surface area contributed by atoms with Gasteiger partial charge >= 0.3 is 0 Å². The SMILES string of the molecule is CC(C)c1cccc(C(C)C)c1N1C=CN(c2c(C(C)C)cccc2C(C)C)[CH-]1.[Au].c1ccc2c(c1)[N-]c1ccccc1O2. The van der Waals surface area contributed by atoms with Crippen LogP contribution in [0.4, 0.5) is 22.7 Å². The molecular formula is C39H45AuN3O-2. The minimum absolute atomic E-state index is 0. The van der Waals surface area contributed by atoms with Crippen molar-refractivity contribution in [3.8, 4) is 11.5 Å². The largest absolute Gasteiger partial charge is 0.652 e. The predicted octanol–water partition coefficient (Wildman–Crippen LogP) is 12.2. The Labute approximate surface area is 280 Å². The van der Waals surface area contributed by atoms with Gasteiger partial charge in [-0.15, -0.1) is 6.67 Å². The standard InChI is InChI=1S/C27H37N2.C12H8NO.Au/c1-18(2)22-11-9-12-23(19(3)4)26(22)28-15-16-29(17-28)27-24(20(5)6)13-10-14-25(27)21(7)8;1-3-7-11-9(5-1)13-10-6-2-4-8-12(10)14-11;/h9-21H,1-8H3;1-8H;/q2*-1;.